The van der Waals surface area contributed by atoms with Gasteiger partial charge in [0.1, 0.15) is 0 Å². The standard InChI is InChI=1S/C17H15NO2/c1-18-8-7-15-11-14(5-6-16(15)18)13-4-2-3-12(9-13)10-17(19)20/h2-9,11H,10H2,1H3,(H,19,20). The van der Waals surface area contributed by atoms with E-state index in [1.807, 2.05) is 37.5 Å². The zero-order chi connectivity index (χ0) is 14.1. The molecule has 0 fully saturated rings. The number of hydrogen-bond acceptors (Lipinski definition) is 1. The number of aliphatic carboxylic acids is 1. The smallest absolute Gasteiger partial charge is 0.307 e. The first-order valence-electron chi connectivity index (χ1n) is 6.50. The van der Waals surface area contributed by atoms with Crippen molar-refractivity contribution in [3.63, 3.8) is 0 Å². The largest absolute Gasteiger partial charge is 0.481 e. The fourth-order valence-corrected chi connectivity index (χ4v) is 2.50. The van der Waals surface area contributed by atoms with Crippen molar-refractivity contribution in [2.45, 2.75) is 6.42 Å². The van der Waals surface area contributed by atoms with Crippen molar-refractivity contribution in [1.29, 1.82) is 0 Å². The van der Waals surface area contributed by atoms with Gasteiger partial charge in [-0.2, -0.15) is 0 Å². The number of hydrogen-bond donors (Lipinski definition) is 1. The minimum Gasteiger partial charge on any atom is -0.481 e. The van der Waals surface area contributed by atoms with Crippen LogP contribution in [0.15, 0.2) is 54.7 Å². The summed E-state index contributed by atoms with van der Waals surface area (Å²) in [5.74, 6) is -0.805. The second kappa shape index (κ2) is 4.85. The number of benzene rings is 2. The predicted molar refractivity (Wildman–Crippen MR) is 79.7 cm³/mol. The van der Waals surface area contributed by atoms with Crippen molar-refractivity contribution >= 4 is 16.9 Å². The van der Waals surface area contributed by atoms with Crippen LogP contribution in [0.25, 0.3) is 22.0 Å². The topological polar surface area (TPSA) is 42.2 Å². The molecule has 0 aliphatic rings. The minimum atomic E-state index is -0.805. The zero-order valence-corrected chi connectivity index (χ0v) is 11.2. The Morgan fingerprint density at radius 3 is 2.70 bits per heavy atom. The normalized spacial score (nSPS) is 10.8. The Kier molecular flexibility index (Phi) is 3.03. The average Bonchev–Trinajstić information content (AvgIpc) is 2.79. The summed E-state index contributed by atoms with van der Waals surface area (Å²) in [6.07, 6.45) is 2.09. The van der Waals surface area contributed by atoms with Gasteiger partial charge in [-0.1, -0.05) is 30.3 Å². The van der Waals surface area contributed by atoms with E-state index in [-0.39, 0.29) is 6.42 Å². The van der Waals surface area contributed by atoms with Crippen LogP contribution in [0.2, 0.25) is 0 Å². The maximum Gasteiger partial charge on any atom is 0.307 e. The molecule has 0 saturated carbocycles. The van der Waals surface area contributed by atoms with E-state index in [0.717, 1.165) is 16.7 Å². The van der Waals surface area contributed by atoms with E-state index in [2.05, 4.69) is 28.8 Å². The molecule has 0 aliphatic heterocycles. The predicted octanol–water partition coefficient (Wildman–Crippen LogP) is 3.47. The molecule has 0 bridgehead atoms. The van der Waals surface area contributed by atoms with Crippen LogP contribution in [0, 0.1) is 0 Å². The molecule has 0 amide bonds. The van der Waals surface area contributed by atoms with Crippen LogP contribution in [0.3, 0.4) is 0 Å². The first-order valence-corrected chi connectivity index (χ1v) is 6.50. The van der Waals surface area contributed by atoms with Gasteiger partial charge < -0.3 is 9.67 Å². The van der Waals surface area contributed by atoms with Crippen molar-refractivity contribution in [2.75, 3.05) is 0 Å². The van der Waals surface area contributed by atoms with E-state index >= 15 is 0 Å². The number of nitrogens with zero attached hydrogens (tertiary/aromatic N) is 1. The minimum absolute atomic E-state index is 0.0570. The average molecular weight is 265 g/mol. The molecule has 100 valence electrons. The van der Waals surface area contributed by atoms with Crippen LogP contribution < -0.4 is 0 Å². The molecular weight excluding hydrogens is 250 g/mol. The molecule has 0 unspecified atom stereocenters. The van der Waals surface area contributed by atoms with E-state index in [0.29, 0.717) is 0 Å². The van der Waals surface area contributed by atoms with E-state index in [4.69, 9.17) is 5.11 Å². The highest BCUT2D eigenvalue weighted by Crippen LogP contribution is 2.25. The Labute approximate surface area is 117 Å². The molecule has 0 aliphatic carbocycles. The van der Waals surface area contributed by atoms with Crippen molar-refractivity contribution in [2.24, 2.45) is 7.05 Å². The molecular formula is C17H15NO2. The van der Waals surface area contributed by atoms with Crippen LogP contribution in [0.4, 0.5) is 0 Å². The van der Waals surface area contributed by atoms with Crippen LogP contribution in [-0.2, 0) is 18.3 Å². The fourth-order valence-electron chi connectivity index (χ4n) is 2.50. The molecule has 2 aromatic carbocycles. The molecule has 0 atom stereocenters. The number of carboxylic acid groups (broad SMARTS) is 1. The second-order valence-electron chi connectivity index (χ2n) is 4.97. The fraction of sp³-hybridized carbons (Fsp3) is 0.118. The number of carboxylic acids is 1. The molecule has 3 nitrogen and oxygen atoms in total. The number of fused-ring (bicyclic) bond motifs is 1. The first kappa shape index (κ1) is 12.5. The Bertz CT molecular complexity index is 787. The highest BCUT2D eigenvalue weighted by Gasteiger charge is 2.05. The maximum atomic E-state index is 10.8. The third-order valence-electron chi connectivity index (χ3n) is 3.50. The van der Waals surface area contributed by atoms with Gasteiger partial charge in [0.15, 0.2) is 0 Å². The summed E-state index contributed by atoms with van der Waals surface area (Å²) in [4.78, 5) is 10.8. The van der Waals surface area contributed by atoms with Crippen molar-refractivity contribution in [3.05, 3.63) is 60.3 Å². The van der Waals surface area contributed by atoms with Gasteiger partial charge in [0.25, 0.3) is 0 Å². The molecule has 3 heteroatoms. The molecule has 20 heavy (non-hydrogen) atoms. The Morgan fingerprint density at radius 1 is 1.10 bits per heavy atom. The van der Waals surface area contributed by atoms with Crippen molar-refractivity contribution < 1.29 is 9.90 Å². The monoisotopic (exact) mass is 265 g/mol. The lowest BCUT2D eigenvalue weighted by molar-refractivity contribution is -0.136. The summed E-state index contributed by atoms with van der Waals surface area (Å²) in [5.41, 5.74) is 4.17. The molecule has 0 spiro atoms. The van der Waals surface area contributed by atoms with Crippen LogP contribution >= 0.6 is 0 Å². The molecule has 0 radical (unpaired) electrons. The number of rotatable bonds is 3. The lowest BCUT2D eigenvalue weighted by Gasteiger charge is -2.05. The Morgan fingerprint density at radius 2 is 1.90 bits per heavy atom. The number of carbonyl (C=O) groups is 1. The summed E-state index contributed by atoms with van der Waals surface area (Å²) >= 11 is 0. The lowest BCUT2D eigenvalue weighted by Crippen LogP contribution is -1.99. The van der Waals surface area contributed by atoms with Gasteiger partial charge in [-0.3, -0.25) is 4.79 Å². The second-order valence-corrected chi connectivity index (χ2v) is 4.97. The van der Waals surface area contributed by atoms with Crippen molar-refractivity contribution in [3.8, 4) is 11.1 Å². The highest BCUT2D eigenvalue weighted by atomic mass is 16.4. The third-order valence-corrected chi connectivity index (χ3v) is 3.50. The van der Waals surface area contributed by atoms with E-state index < -0.39 is 5.97 Å². The number of aryl methyl sites for hydroxylation is 1. The zero-order valence-electron chi connectivity index (χ0n) is 11.2. The Balaban J connectivity index is 2.03. The molecule has 3 aromatic rings. The molecule has 1 aromatic heterocycles. The van der Waals surface area contributed by atoms with E-state index in [9.17, 15) is 4.79 Å². The quantitative estimate of drug-likeness (QED) is 0.788. The van der Waals surface area contributed by atoms with Crippen LogP contribution in [0.1, 0.15) is 5.56 Å². The summed E-state index contributed by atoms with van der Waals surface area (Å²) < 4.78 is 2.08. The maximum absolute atomic E-state index is 10.8. The molecule has 3 rings (SSSR count). The highest BCUT2D eigenvalue weighted by molar-refractivity contribution is 5.85. The van der Waals surface area contributed by atoms with Crippen molar-refractivity contribution in [1.82, 2.24) is 4.57 Å². The van der Waals surface area contributed by atoms with E-state index in [1.165, 1.54) is 10.9 Å². The summed E-state index contributed by atoms with van der Waals surface area (Å²) in [6, 6.07) is 16.1. The Hall–Kier alpha value is -2.55. The van der Waals surface area contributed by atoms with Crippen LogP contribution in [-0.4, -0.2) is 15.6 Å². The van der Waals surface area contributed by atoms with Gasteiger partial charge >= 0.3 is 5.97 Å². The molecule has 1 N–H and O–H groups in total. The van der Waals surface area contributed by atoms with Gasteiger partial charge in [0, 0.05) is 24.1 Å². The van der Waals surface area contributed by atoms with Gasteiger partial charge in [0.05, 0.1) is 6.42 Å². The van der Waals surface area contributed by atoms with Gasteiger partial charge in [-0.25, -0.2) is 0 Å². The third kappa shape index (κ3) is 2.30. The molecule has 0 saturated heterocycles. The number of aromatic nitrogens is 1. The summed E-state index contributed by atoms with van der Waals surface area (Å²) in [5, 5.41) is 10.1. The first-order chi connectivity index (χ1) is 9.63. The molecule has 1 heterocycles. The SMILES string of the molecule is Cn1ccc2cc(-c3cccc(CC(=O)O)c3)ccc21. The summed E-state index contributed by atoms with van der Waals surface area (Å²) in [7, 11) is 2.02. The van der Waals surface area contributed by atoms with E-state index in [1.54, 1.807) is 0 Å². The van der Waals surface area contributed by atoms with Gasteiger partial charge in [-0.15, -0.1) is 0 Å². The van der Waals surface area contributed by atoms with Gasteiger partial charge in [-0.05, 0) is 34.9 Å². The lowest BCUT2D eigenvalue weighted by atomic mass is 10.0. The summed E-state index contributed by atoms with van der Waals surface area (Å²) in [6.45, 7) is 0. The van der Waals surface area contributed by atoms with Gasteiger partial charge in [0.2, 0.25) is 0 Å². The van der Waals surface area contributed by atoms with Crippen LogP contribution in [0.5, 0.6) is 0 Å².